The Balaban J connectivity index is 1.50. The van der Waals surface area contributed by atoms with Crippen LogP contribution >= 0.6 is 11.6 Å². The van der Waals surface area contributed by atoms with Gasteiger partial charge in [-0.25, -0.2) is 14.8 Å². The minimum Gasteiger partial charge on any atom is -0.340 e. The highest BCUT2D eigenvalue weighted by Gasteiger charge is 2.27. The lowest BCUT2D eigenvalue weighted by atomic mass is 10.1. The fraction of sp³-hybridized carbons (Fsp3) is 0.379. The van der Waals surface area contributed by atoms with Gasteiger partial charge < -0.3 is 9.80 Å². The number of piperazine rings is 1. The van der Waals surface area contributed by atoms with Crippen LogP contribution in [0.1, 0.15) is 25.3 Å². The number of hydrogen-bond acceptors (Lipinski definition) is 7. The van der Waals surface area contributed by atoms with E-state index in [2.05, 4.69) is 15.3 Å². The molecule has 0 bridgehead atoms. The van der Waals surface area contributed by atoms with Gasteiger partial charge in [0.1, 0.15) is 5.82 Å². The molecule has 1 N–H and O–H groups in total. The number of hydroxylamine groups is 1. The average Bonchev–Trinajstić information content (AvgIpc) is 2.97. The van der Waals surface area contributed by atoms with Crippen molar-refractivity contribution in [1.82, 2.24) is 25.2 Å². The number of halogens is 2. The molecule has 2 aromatic carbocycles. The summed E-state index contributed by atoms with van der Waals surface area (Å²) in [5.41, 5.74) is 3.48. The van der Waals surface area contributed by atoms with Crippen molar-refractivity contribution < 1.29 is 23.6 Å². The number of carbonyl (C=O) groups excluding carboxylic acids is 3. The van der Waals surface area contributed by atoms with E-state index in [1.165, 1.54) is 24.1 Å². The Bertz CT molecular complexity index is 1370. The summed E-state index contributed by atoms with van der Waals surface area (Å²) in [6, 6.07) is 13.1. The SMILES string of the molecule is CC(=O)N(NCc1cccc(F)c1Cl)[C@@H](CCC(=O)N1CCN(C)CC1)CON(C=O)c1cc2ccccc2cn1. The zero-order valence-corrected chi connectivity index (χ0v) is 23.9. The standard InChI is InChI=1S/C29H34ClFN6O4/c1-21(39)37(33-18-24-8-5-9-26(31)29(24)30)25(10-11-28(40)35-14-12-34(2)13-15-35)19-41-36(20-38)27-16-22-6-3-4-7-23(22)17-32-27/h3-9,16-17,20,25,33H,10-15,18-19H2,1-2H3/t25-/m0/s1. The molecule has 0 spiro atoms. The first kappa shape index (κ1) is 30.3. The van der Waals surface area contributed by atoms with Gasteiger partial charge in [-0.05, 0) is 36.6 Å². The second kappa shape index (κ2) is 14.3. The largest absolute Gasteiger partial charge is 0.340 e. The normalized spacial score (nSPS) is 14.6. The molecule has 1 aliphatic rings. The third-order valence-corrected chi connectivity index (χ3v) is 7.49. The summed E-state index contributed by atoms with van der Waals surface area (Å²) in [5.74, 6) is -0.662. The topological polar surface area (TPSA) is 98.3 Å². The molecule has 0 unspecified atom stereocenters. The van der Waals surface area contributed by atoms with Crippen LogP contribution < -0.4 is 10.5 Å². The Morgan fingerprint density at radius 2 is 1.88 bits per heavy atom. The van der Waals surface area contributed by atoms with Crippen molar-refractivity contribution in [3.8, 4) is 0 Å². The van der Waals surface area contributed by atoms with Crippen LogP contribution in [0.2, 0.25) is 5.02 Å². The smallest absolute Gasteiger partial charge is 0.239 e. The Morgan fingerprint density at radius 1 is 1.15 bits per heavy atom. The Labute approximate surface area is 243 Å². The molecule has 1 atom stereocenters. The van der Waals surface area contributed by atoms with E-state index >= 15 is 0 Å². The van der Waals surface area contributed by atoms with Crippen LogP contribution in [-0.4, -0.2) is 83.9 Å². The Hall–Kier alpha value is -3.64. The first-order valence-electron chi connectivity index (χ1n) is 13.4. The van der Waals surface area contributed by atoms with E-state index in [-0.39, 0.29) is 48.6 Å². The van der Waals surface area contributed by atoms with Crippen molar-refractivity contribution in [3.05, 3.63) is 71.1 Å². The number of nitrogens with one attached hydrogen (secondary N) is 1. The van der Waals surface area contributed by atoms with Crippen molar-refractivity contribution in [3.63, 3.8) is 0 Å². The molecule has 1 fully saturated rings. The fourth-order valence-electron chi connectivity index (χ4n) is 4.65. The molecule has 1 aliphatic heterocycles. The summed E-state index contributed by atoms with van der Waals surface area (Å²) < 4.78 is 14.0. The maximum absolute atomic E-state index is 14.0. The predicted octanol–water partition coefficient (Wildman–Crippen LogP) is 3.40. The lowest BCUT2D eigenvalue weighted by molar-refractivity contribution is -0.140. The van der Waals surface area contributed by atoms with Crippen LogP contribution in [0.5, 0.6) is 0 Å². The third-order valence-electron chi connectivity index (χ3n) is 7.07. The summed E-state index contributed by atoms with van der Waals surface area (Å²) in [5, 5.41) is 4.08. The number of anilines is 1. The molecule has 0 aliphatic carbocycles. The Morgan fingerprint density at radius 3 is 2.59 bits per heavy atom. The first-order valence-corrected chi connectivity index (χ1v) is 13.8. The van der Waals surface area contributed by atoms with E-state index in [1.807, 2.05) is 36.2 Å². The monoisotopic (exact) mass is 584 g/mol. The van der Waals surface area contributed by atoms with Gasteiger partial charge in [0, 0.05) is 57.7 Å². The molecule has 10 nitrogen and oxygen atoms in total. The number of hydrogen-bond donors (Lipinski definition) is 1. The number of amides is 3. The van der Waals surface area contributed by atoms with Gasteiger partial charge in [-0.1, -0.05) is 48.0 Å². The molecule has 1 saturated heterocycles. The number of rotatable bonds is 12. The third kappa shape index (κ3) is 7.98. The number of benzene rings is 2. The highest BCUT2D eigenvalue weighted by Crippen LogP contribution is 2.21. The molecule has 0 radical (unpaired) electrons. The number of likely N-dealkylation sites (N-methyl/N-ethyl adjacent to an activating group) is 1. The summed E-state index contributed by atoms with van der Waals surface area (Å²) in [4.78, 5) is 51.9. The van der Waals surface area contributed by atoms with Crippen LogP contribution in [0.25, 0.3) is 10.8 Å². The van der Waals surface area contributed by atoms with Crippen molar-refractivity contribution in [2.75, 3.05) is 44.9 Å². The summed E-state index contributed by atoms with van der Waals surface area (Å²) >= 11 is 6.12. The van der Waals surface area contributed by atoms with Gasteiger partial charge in [0.25, 0.3) is 0 Å². The molecule has 4 rings (SSSR count). The molecule has 3 aromatic rings. The van der Waals surface area contributed by atoms with E-state index in [0.29, 0.717) is 25.1 Å². The number of carbonyl (C=O) groups is 3. The van der Waals surface area contributed by atoms with Crippen LogP contribution in [-0.2, 0) is 25.8 Å². The minimum atomic E-state index is -0.654. The minimum absolute atomic E-state index is 0.0248. The van der Waals surface area contributed by atoms with Gasteiger partial charge in [-0.3, -0.25) is 24.2 Å². The summed E-state index contributed by atoms with van der Waals surface area (Å²) in [6.07, 6.45) is 2.57. The fourth-order valence-corrected chi connectivity index (χ4v) is 4.85. The maximum Gasteiger partial charge on any atom is 0.239 e. The lowest BCUT2D eigenvalue weighted by Gasteiger charge is -2.34. The van der Waals surface area contributed by atoms with Crippen molar-refractivity contribution >= 4 is 46.4 Å². The first-order chi connectivity index (χ1) is 19.8. The molecular formula is C29H34ClFN6O4. The van der Waals surface area contributed by atoms with Crippen LogP contribution in [0.4, 0.5) is 10.2 Å². The van der Waals surface area contributed by atoms with Crippen LogP contribution in [0.3, 0.4) is 0 Å². The molecule has 1 aromatic heterocycles. The zero-order valence-electron chi connectivity index (χ0n) is 23.1. The van der Waals surface area contributed by atoms with Crippen molar-refractivity contribution in [1.29, 1.82) is 0 Å². The Kier molecular flexibility index (Phi) is 10.6. The van der Waals surface area contributed by atoms with Gasteiger partial charge in [0.2, 0.25) is 18.2 Å². The number of nitrogens with zero attached hydrogens (tertiary/aromatic N) is 5. The zero-order chi connectivity index (χ0) is 29.4. The molecule has 41 heavy (non-hydrogen) atoms. The van der Waals surface area contributed by atoms with Gasteiger partial charge in [0.05, 0.1) is 17.7 Å². The maximum atomic E-state index is 14.0. The summed E-state index contributed by atoms with van der Waals surface area (Å²) in [6.45, 7) is 4.17. The quantitative estimate of drug-likeness (QED) is 0.257. The van der Waals surface area contributed by atoms with Gasteiger partial charge in [-0.15, -0.1) is 0 Å². The highest BCUT2D eigenvalue weighted by molar-refractivity contribution is 6.31. The van der Waals surface area contributed by atoms with E-state index in [1.54, 1.807) is 18.3 Å². The second-order valence-corrected chi connectivity index (χ2v) is 10.3. The molecule has 0 saturated carbocycles. The second-order valence-electron chi connectivity index (χ2n) is 9.93. The number of aromatic nitrogens is 1. The number of hydrazine groups is 1. The lowest BCUT2D eigenvalue weighted by Crippen LogP contribution is -2.52. The molecule has 218 valence electrons. The van der Waals surface area contributed by atoms with Crippen LogP contribution in [0, 0.1) is 5.82 Å². The summed E-state index contributed by atoms with van der Waals surface area (Å²) in [7, 11) is 2.01. The van der Waals surface area contributed by atoms with Crippen LogP contribution in [0.15, 0.2) is 54.7 Å². The van der Waals surface area contributed by atoms with Gasteiger partial charge >= 0.3 is 0 Å². The number of fused-ring (bicyclic) bond motifs is 1. The van der Waals surface area contributed by atoms with E-state index in [9.17, 15) is 18.8 Å². The predicted molar refractivity (Wildman–Crippen MR) is 154 cm³/mol. The van der Waals surface area contributed by atoms with E-state index in [4.69, 9.17) is 16.4 Å². The van der Waals surface area contributed by atoms with E-state index in [0.717, 1.165) is 28.9 Å². The molecular weight excluding hydrogens is 551 g/mol. The van der Waals surface area contributed by atoms with Gasteiger partial charge in [-0.2, -0.15) is 5.06 Å². The van der Waals surface area contributed by atoms with Crippen molar-refractivity contribution in [2.24, 2.45) is 0 Å². The molecule has 2 heterocycles. The van der Waals surface area contributed by atoms with Crippen molar-refractivity contribution in [2.45, 2.75) is 32.4 Å². The number of pyridine rings is 1. The average molecular weight is 585 g/mol. The van der Waals surface area contributed by atoms with Gasteiger partial charge in [0.15, 0.2) is 5.82 Å². The molecule has 12 heteroatoms. The highest BCUT2D eigenvalue weighted by atomic mass is 35.5. The molecule has 3 amide bonds. The van der Waals surface area contributed by atoms with E-state index < -0.39 is 11.9 Å².